The number of hydrogen-bond acceptors (Lipinski definition) is 3. The van der Waals surface area contributed by atoms with E-state index in [9.17, 15) is 0 Å². The van der Waals surface area contributed by atoms with Gasteiger partial charge in [0, 0.05) is 6.42 Å². The Morgan fingerprint density at radius 1 is 1.54 bits per heavy atom. The first-order chi connectivity index (χ1) is 6.26. The molecule has 3 nitrogen and oxygen atoms in total. The van der Waals surface area contributed by atoms with Crippen molar-refractivity contribution in [3.05, 3.63) is 0 Å². The predicted molar refractivity (Wildman–Crippen MR) is 48.4 cm³/mol. The fraction of sp³-hybridized carbons (Fsp3) is 1.00. The molecule has 1 spiro atoms. The number of rotatable bonds is 2. The van der Waals surface area contributed by atoms with Crippen LogP contribution < -0.4 is 0 Å². The number of ether oxygens (including phenoxy) is 3. The molecule has 13 heavy (non-hydrogen) atoms. The van der Waals surface area contributed by atoms with Crippen LogP contribution in [0.1, 0.15) is 26.7 Å². The van der Waals surface area contributed by atoms with E-state index in [-0.39, 0.29) is 11.9 Å². The lowest BCUT2D eigenvalue weighted by Crippen LogP contribution is -2.32. The highest BCUT2D eigenvalue weighted by atomic mass is 16.8. The third-order valence-corrected chi connectivity index (χ3v) is 3.10. The highest BCUT2D eigenvalue weighted by Crippen LogP contribution is 2.34. The normalized spacial score (nSPS) is 41.5. The summed E-state index contributed by atoms with van der Waals surface area (Å²) in [7, 11) is 0. The zero-order valence-corrected chi connectivity index (χ0v) is 8.41. The summed E-state index contributed by atoms with van der Waals surface area (Å²) in [6, 6.07) is 0. The van der Waals surface area contributed by atoms with Crippen LogP contribution in [0, 0.1) is 5.92 Å². The van der Waals surface area contributed by atoms with E-state index in [1.807, 2.05) is 0 Å². The Morgan fingerprint density at radius 2 is 2.38 bits per heavy atom. The minimum absolute atomic E-state index is 0.270. The van der Waals surface area contributed by atoms with Gasteiger partial charge in [-0.15, -0.1) is 0 Å². The second kappa shape index (κ2) is 3.56. The summed E-state index contributed by atoms with van der Waals surface area (Å²) in [5.41, 5.74) is 0. The van der Waals surface area contributed by atoms with E-state index in [0.717, 1.165) is 26.1 Å². The fourth-order valence-electron chi connectivity index (χ4n) is 1.86. The molecule has 0 aromatic heterocycles. The van der Waals surface area contributed by atoms with Gasteiger partial charge < -0.3 is 14.2 Å². The molecule has 3 atom stereocenters. The van der Waals surface area contributed by atoms with E-state index >= 15 is 0 Å². The average molecular weight is 186 g/mol. The Kier molecular flexibility index (Phi) is 2.58. The van der Waals surface area contributed by atoms with E-state index in [1.54, 1.807) is 0 Å². The van der Waals surface area contributed by atoms with Gasteiger partial charge >= 0.3 is 0 Å². The van der Waals surface area contributed by atoms with Gasteiger partial charge in [0.15, 0.2) is 5.79 Å². The molecule has 2 saturated heterocycles. The molecule has 2 fully saturated rings. The zero-order valence-electron chi connectivity index (χ0n) is 8.41. The maximum absolute atomic E-state index is 5.92. The Hall–Kier alpha value is -0.120. The first-order valence-corrected chi connectivity index (χ1v) is 5.15. The molecule has 76 valence electrons. The van der Waals surface area contributed by atoms with Gasteiger partial charge in [0.05, 0.1) is 19.3 Å². The molecule has 2 aliphatic heterocycles. The standard InChI is InChI=1S/C10H18O3/c1-3-8(2)9-6-12-10(13-9)4-5-11-7-10/h8-9H,3-7H2,1-2H3/t8-,9?,10?/m0/s1. The van der Waals surface area contributed by atoms with Crippen molar-refractivity contribution in [2.45, 2.75) is 38.6 Å². The van der Waals surface area contributed by atoms with Crippen molar-refractivity contribution in [2.75, 3.05) is 19.8 Å². The third-order valence-electron chi connectivity index (χ3n) is 3.10. The van der Waals surface area contributed by atoms with Crippen molar-refractivity contribution in [3.63, 3.8) is 0 Å². The maximum atomic E-state index is 5.92. The molecule has 0 aromatic rings. The predicted octanol–water partition coefficient (Wildman–Crippen LogP) is 1.56. The molecule has 0 N–H and O–H groups in total. The van der Waals surface area contributed by atoms with Gasteiger partial charge in [-0.3, -0.25) is 0 Å². The van der Waals surface area contributed by atoms with E-state index in [0.29, 0.717) is 12.5 Å². The topological polar surface area (TPSA) is 27.7 Å². The van der Waals surface area contributed by atoms with Gasteiger partial charge in [-0.05, 0) is 5.92 Å². The first kappa shape index (κ1) is 9.44. The van der Waals surface area contributed by atoms with Gasteiger partial charge in [-0.2, -0.15) is 0 Å². The van der Waals surface area contributed by atoms with Crippen molar-refractivity contribution in [2.24, 2.45) is 5.92 Å². The Morgan fingerprint density at radius 3 is 3.00 bits per heavy atom. The first-order valence-electron chi connectivity index (χ1n) is 5.15. The molecule has 2 aliphatic rings. The fourth-order valence-corrected chi connectivity index (χ4v) is 1.86. The molecule has 0 bridgehead atoms. The molecule has 0 saturated carbocycles. The summed E-state index contributed by atoms with van der Waals surface area (Å²) < 4.78 is 16.9. The second-order valence-electron chi connectivity index (χ2n) is 4.07. The minimum Gasteiger partial charge on any atom is -0.376 e. The molecular formula is C10H18O3. The van der Waals surface area contributed by atoms with Crippen LogP contribution in [0.4, 0.5) is 0 Å². The van der Waals surface area contributed by atoms with Crippen LogP contribution >= 0.6 is 0 Å². The summed E-state index contributed by atoms with van der Waals surface area (Å²) in [4.78, 5) is 0. The van der Waals surface area contributed by atoms with Gasteiger partial charge in [0.1, 0.15) is 6.61 Å². The molecule has 0 aromatic carbocycles. The average Bonchev–Trinajstić information content (AvgIpc) is 2.76. The summed E-state index contributed by atoms with van der Waals surface area (Å²) in [6.45, 7) is 6.51. The lowest BCUT2D eigenvalue weighted by molar-refractivity contribution is -0.169. The molecule has 2 rings (SSSR count). The van der Waals surface area contributed by atoms with Gasteiger partial charge in [0.2, 0.25) is 0 Å². The van der Waals surface area contributed by atoms with Crippen molar-refractivity contribution in [1.29, 1.82) is 0 Å². The van der Waals surface area contributed by atoms with E-state index in [1.165, 1.54) is 0 Å². The summed E-state index contributed by atoms with van der Waals surface area (Å²) in [5, 5.41) is 0. The van der Waals surface area contributed by atoms with E-state index < -0.39 is 0 Å². The van der Waals surface area contributed by atoms with Crippen LogP contribution in [0.25, 0.3) is 0 Å². The highest BCUT2D eigenvalue weighted by molar-refractivity contribution is 4.84. The van der Waals surface area contributed by atoms with Crippen LogP contribution in [0.3, 0.4) is 0 Å². The van der Waals surface area contributed by atoms with Crippen LogP contribution in [-0.4, -0.2) is 31.7 Å². The Bertz CT molecular complexity index is 175. The largest absolute Gasteiger partial charge is 0.376 e. The molecule has 3 heteroatoms. The molecule has 0 aliphatic carbocycles. The molecular weight excluding hydrogens is 168 g/mol. The third kappa shape index (κ3) is 1.73. The molecule has 0 radical (unpaired) electrons. The summed E-state index contributed by atoms with van der Waals surface area (Å²) in [6.07, 6.45) is 2.30. The van der Waals surface area contributed by atoms with Crippen molar-refractivity contribution < 1.29 is 14.2 Å². The molecule has 2 unspecified atom stereocenters. The highest BCUT2D eigenvalue weighted by Gasteiger charge is 2.45. The van der Waals surface area contributed by atoms with Crippen LogP contribution in [0.15, 0.2) is 0 Å². The Labute approximate surface area is 79.4 Å². The number of hydrogen-bond donors (Lipinski definition) is 0. The van der Waals surface area contributed by atoms with Crippen LogP contribution in [0.2, 0.25) is 0 Å². The van der Waals surface area contributed by atoms with Gasteiger partial charge in [0.25, 0.3) is 0 Å². The van der Waals surface area contributed by atoms with Crippen molar-refractivity contribution >= 4 is 0 Å². The monoisotopic (exact) mass is 186 g/mol. The molecule has 0 amide bonds. The summed E-state index contributed by atoms with van der Waals surface area (Å²) in [5.74, 6) is 0.202. The SMILES string of the molecule is CC[C@H](C)C1COC2(CCOC2)O1. The quantitative estimate of drug-likeness (QED) is 0.655. The maximum Gasteiger partial charge on any atom is 0.194 e. The van der Waals surface area contributed by atoms with E-state index in [4.69, 9.17) is 14.2 Å². The smallest absolute Gasteiger partial charge is 0.194 e. The minimum atomic E-state index is -0.381. The zero-order chi connectivity index (χ0) is 9.31. The van der Waals surface area contributed by atoms with E-state index in [2.05, 4.69) is 13.8 Å². The molecule has 2 heterocycles. The van der Waals surface area contributed by atoms with Crippen LogP contribution in [-0.2, 0) is 14.2 Å². The van der Waals surface area contributed by atoms with Gasteiger partial charge in [-0.1, -0.05) is 20.3 Å². The van der Waals surface area contributed by atoms with Crippen molar-refractivity contribution in [1.82, 2.24) is 0 Å². The summed E-state index contributed by atoms with van der Waals surface area (Å²) >= 11 is 0. The lowest BCUT2D eigenvalue weighted by atomic mass is 10.0. The Balaban J connectivity index is 1.93. The van der Waals surface area contributed by atoms with Gasteiger partial charge in [-0.25, -0.2) is 0 Å². The van der Waals surface area contributed by atoms with Crippen molar-refractivity contribution in [3.8, 4) is 0 Å². The second-order valence-corrected chi connectivity index (χ2v) is 4.07. The van der Waals surface area contributed by atoms with Crippen LogP contribution in [0.5, 0.6) is 0 Å². The lowest BCUT2D eigenvalue weighted by Gasteiger charge is -2.22.